The number of benzene rings is 4. The van der Waals surface area contributed by atoms with Gasteiger partial charge in [-0.2, -0.15) is 10.2 Å². The number of carbonyl (C=O) groups excluding carboxylic acids is 1. The normalized spacial score (nSPS) is 13.2. The van der Waals surface area contributed by atoms with Gasteiger partial charge >= 0.3 is 0 Å². The van der Waals surface area contributed by atoms with E-state index >= 15 is 0 Å². The molecule has 2 aliphatic rings. The van der Waals surface area contributed by atoms with E-state index in [1.807, 2.05) is 82.8 Å². The molecule has 384 valence electrons. The lowest BCUT2D eigenvalue weighted by Gasteiger charge is -2.26. The van der Waals surface area contributed by atoms with E-state index in [0.717, 1.165) is 95.0 Å². The van der Waals surface area contributed by atoms with Crippen LogP contribution in [0.5, 0.6) is 11.5 Å². The zero-order chi connectivity index (χ0) is 52.0. The van der Waals surface area contributed by atoms with Crippen molar-refractivity contribution in [2.24, 2.45) is 0 Å². The average molecular weight is 999 g/mol. The fourth-order valence-corrected chi connectivity index (χ4v) is 8.65. The van der Waals surface area contributed by atoms with Crippen LogP contribution in [0.25, 0.3) is 44.6 Å². The maximum absolute atomic E-state index is 12.3. The molecule has 19 nitrogen and oxygen atoms in total. The van der Waals surface area contributed by atoms with Crippen LogP contribution in [-0.4, -0.2) is 138 Å². The summed E-state index contributed by atoms with van der Waals surface area (Å²) in [4.78, 5) is 39.2. The Kier molecular flexibility index (Phi) is 15.2. The molecule has 4 aromatic carbocycles. The highest BCUT2D eigenvalue weighted by molar-refractivity contribution is 6.02. The van der Waals surface area contributed by atoms with Gasteiger partial charge in [-0.3, -0.25) is 14.2 Å². The standard InChI is InChI=1S/C29H34N8O2.C26H32N8O/c1-6-27(38)31-22-17-23(26(39-5)18-25(22)36(4)16-15-35(2)3)33-29-30-14-13-21(32-29)28-20-9-7-8-10-24(20)37(34-28)19-11-12-19;1-32(2)13-14-33(3)23-16-24(35-4)21(15-19(23)27)30-26-28-12-11-20(29-26)25-18-7-5-6-8-22(18)34(31-25)17-9-10-17/h6-10,13-14,17-19H,1,11-12,15-16H2,2-5H3,(H,31,38)(H,30,32,33);5-8,11-12,15-17H,9-10,13-14,27H2,1-4H3,(H,28,29,30). The number of hydrogen-bond donors (Lipinski definition) is 4. The van der Waals surface area contributed by atoms with Gasteiger partial charge in [-0.25, -0.2) is 19.9 Å². The number of carbonyl (C=O) groups is 1. The van der Waals surface area contributed by atoms with Crippen molar-refractivity contribution >= 4 is 73.7 Å². The zero-order valence-corrected chi connectivity index (χ0v) is 43.5. The smallest absolute Gasteiger partial charge is 0.247 e. The van der Waals surface area contributed by atoms with Gasteiger partial charge in [0.2, 0.25) is 17.8 Å². The Labute approximate surface area is 432 Å². The molecule has 0 spiro atoms. The first-order chi connectivity index (χ1) is 35.8. The molecule has 10 rings (SSSR count). The third kappa shape index (κ3) is 11.5. The fourth-order valence-electron chi connectivity index (χ4n) is 8.65. The van der Waals surface area contributed by atoms with Crippen LogP contribution in [0.15, 0.2) is 110 Å². The summed E-state index contributed by atoms with van der Waals surface area (Å²) in [7, 11) is 15.4. The molecular formula is C55H66N16O3. The number of ether oxygens (including phenoxy) is 2. The lowest BCUT2D eigenvalue weighted by Crippen LogP contribution is -2.29. The Bertz CT molecular complexity index is 3290. The predicted molar refractivity (Wildman–Crippen MR) is 298 cm³/mol. The maximum atomic E-state index is 12.3. The first kappa shape index (κ1) is 50.6. The van der Waals surface area contributed by atoms with Crippen molar-refractivity contribution in [1.29, 1.82) is 0 Å². The summed E-state index contributed by atoms with van der Waals surface area (Å²) < 4.78 is 15.6. The molecule has 0 bridgehead atoms. The summed E-state index contributed by atoms with van der Waals surface area (Å²) in [5, 5.41) is 21.5. The lowest BCUT2D eigenvalue weighted by atomic mass is 10.1. The molecule has 0 aliphatic heterocycles. The van der Waals surface area contributed by atoms with Crippen molar-refractivity contribution < 1.29 is 14.3 Å². The zero-order valence-electron chi connectivity index (χ0n) is 43.5. The predicted octanol–water partition coefficient (Wildman–Crippen LogP) is 8.86. The maximum Gasteiger partial charge on any atom is 0.247 e. The quantitative estimate of drug-likeness (QED) is 0.0417. The SMILES string of the molecule is C=CC(=O)Nc1cc(Nc2nccc(-c3nn(C4CC4)c4ccccc34)n2)c(OC)cc1N(C)CCN(C)C.COc1cc(N(C)CCN(C)C)c(N)cc1Nc1nccc(-c2nn(C3CC3)c3ccccc23)n1. The number of nitrogens with two attached hydrogens (primary N) is 1. The molecule has 8 aromatic rings. The molecule has 4 heterocycles. The van der Waals surface area contributed by atoms with Crippen molar-refractivity contribution in [2.75, 3.05) is 114 Å². The number of nitrogens with one attached hydrogen (secondary N) is 3. The number of para-hydroxylation sites is 2. The van der Waals surface area contributed by atoms with Gasteiger partial charge in [0.25, 0.3) is 0 Å². The van der Waals surface area contributed by atoms with Gasteiger partial charge in [-0.15, -0.1) is 0 Å². The second kappa shape index (κ2) is 22.2. The number of nitrogen functional groups attached to an aromatic ring is 1. The molecule has 0 unspecified atom stereocenters. The Morgan fingerprint density at radius 2 is 1.11 bits per heavy atom. The summed E-state index contributed by atoms with van der Waals surface area (Å²) in [6.07, 6.45) is 9.34. The van der Waals surface area contributed by atoms with Gasteiger partial charge in [0, 0.05) is 75.6 Å². The van der Waals surface area contributed by atoms with E-state index in [4.69, 9.17) is 35.4 Å². The molecule has 0 radical (unpaired) electrons. The minimum Gasteiger partial charge on any atom is -0.494 e. The number of likely N-dealkylation sites (N-methyl/N-ethyl adjacent to an activating group) is 4. The van der Waals surface area contributed by atoms with Crippen LogP contribution in [0.3, 0.4) is 0 Å². The molecule has 4 aromatic heterocycles. The third-order valence-corrected chi connectivity index (χ3v) is 13.0. The van der Waals surface area contributed by atoms with Crippen LogP contribution in [0, 0.1) is 0 Å². The Balaban J connectivity index is 0.000000183. The van der Waals surface area contributed by atoms with E-state index < -0.39 is 0 Å². The number of anilines is 8. The molecule has 0 atom stereocenters. The number of rotatable bonds is 20. The summed E-state index contributed by atoms with van der Waals surface area (Å²) in [5.74, 6) is 1.81. The van der Waals surface area contributed by atoms with Gasteiger partial charge in [0.1, 0.15) is 22.9 Å². The minimum absolute atomic E-state index is 0.301. The number of amides is 1. The van der Waals surface area contributed by atoms with E-state index in [9.17, 15) is 4.79 Å². The van der Waals surface area contributed by atoms with Crippen molar-refractivity contribution in [3.63, 3.8) is 0 Å². The highest BCUT2D eigenvalue weighted by atomic mass is 16.5. The van der Waals surface area contributed by atoms with Crippen molar-refractivity contribution in [3.05, 3.63) is 110 Å². The Morgan fingerprint density at radius 3 is 1.57 bits per heavy atom. The molecule has 2 fully saturated rings. The van der Waals surface area contributed by atoms with Crippen LogP contribution in [0.1, 0.15) is 37.8 Å². The molecule has 2 aliphatic carbocycles. The first-order valence-electron chi connectivity index (χ1n) is 24.8. The van der Waals surface area contributed by atoms with E-state index in [1.54, 1.807) is 26.6 Å². The summed E-state index contributed by atoms with van der Waals surface area (Å²) in [5.41, 5.74) is 16.2. The molecule has 19 heteroatoms. The van der Waals surface area contributed by atoms with Crippen LogP contribution in [0.4, 0.5) is 46.0 Å². The average Bonchev–Trinajstić information content (AvgIpc) is 4.36. The van der Waals surface area contributed by atoms with Crippen LogP contribution >= 0.6 is 0 Å². The molecule has 74 heavy (non-hydrogen) atoms. The number of methoxy groups -OCH3 is 2. The lowest BCUT2D eigenvalue weighted by molar-refractivity contribution is -0.111. The van der Waals surface area contributed by atoms with E-state index in [1.165, 1.54) is 18.9 Å². The minimum atomic E-state index is -0.301. The van der Waals surface area contributed by atoms with Gasteiger partial charge in [-0.05, 0) is 96.3 Å². The van der Waals surface area contributed by atoms with Crippen LogP contribution in [0.2, 0.25) is 0 Å². The highest BCUT2D eigenvalue weighted by Gasteiger charge is 2.29. The van der Waals surface area contributed by atoms with E-state index in [-0.39, 0.29) is 5.91 Å². The van der Waals surface area contributed by atoms with Gasteiger partial charge < -0.3 is 50.8 Å². The fraction of sp³-hybridized carbons (Fsp3) is 0.327. The van der Waals surface area contributed by atoms with Gasteiger partial charge in [-0.1, -0.05) is 43.0 Å². The molecule has 5 N–H and O–H groups in total. The summed E-state index contributed by atoms with van der Waals surface area (Å²) in [6, 6.07) is 28.8. The largest absolute Gasteiger partial charge is 0.494 e. The molecule has 1 amide bonds. The Morgan fingerprint density at radius 1 is 0.649 bits per heavy atom. The Hall–Kier alpha value is -8.29. The summed E-state index contributed by atoms with van der Waals surface area (Å²) in [6.45, 7) is 6.96. The van der Waals surface area contributed by atoms with Crippen LogP contribution in [-0.2, 0) is 4.79 Å². The second-order valence-electron chi connectivity index (χ2n) is 19.2. The van der Waals surface area contributed by atoms with Crippen molar-refractivity contribution in [2.45, 2.75) is 37.8 Å². The first-order valence-corrected chi connectivity index (χ1v) is 24.8. The van der Waals surface area contributed by atoms with Crippen molar-refractivity contribution in [3.8, 4) is 34.3 Å². The highest BCUT2D eigenvalue weighted by Crippen LogP contribution is 2.42. The molecular weight excluding hydrogens is 933 g/mol. The number of fused-ring (bicyclic) bond motifs is 2. The van der Waals surface area contributed by atoms with Crippen LogP contribution < -0.4 is 41.0 Å². The van der Waals surface area contributed by atoms with Crippen molar-refractivity contribution in [1.82, 2.24) is 49.3 Å². The topological polar surface area (TPSA) is 198 Å². The second-order valence-corrected chi connectivity index (χ2v) is 19.2. The van der Waals surface area contributed by atoms with E-state index in [2.05, 4.69) is 106 Å². The number of hydrogen-bond acceptors (Lipinski definition) is 16. The number of nitrogens with zero attached hydrogens (tertiary/aromatic N) is 12. The third-order valence-electron chi connectivity index (χ3n) is 13.0. The molecule has 0 saturated heterocycles. The van der Waals surface area contributed by atoms with Gasteiger partial charge in [0.15, 0.2) is 0 Å². The molecule has 2 saturated carbocycles. The van der Waals surface area contributed by atoms with E-state index in [0.29, 0.717) is 58.2 Å². The van der Waals surface area contributed by atoms with Gasteiger partial charge in [0.05, 0.1) is 82.8 Å². The monoisotopic (exact) mass is 999 g/mol. The number of aromatic nitrogens is 8. The summed E-state index contributed by atoms with van der Waals surface area (Å²) >= 11 is 0.